The monoisotopic (exact) mass is 553 g/mol. The van der Waals surface area contributed by atoms with Gasteiger partial charge in [-0.05, 0) is 44.0 Å². The molecule has 0 aliphatic heterocycles. The molecule has 6 rings (SSSR count). The van der Waals surface area contributed by atoms with Gasteiger partial charge in [-0.2, -0.15) is 5.10 Å². The minimum Gasteiger partial charge on any atom is -0.493 e. The number of carbonyl (C=O) groups excluding carboxylic acids is 1. The summed E-state index contributed by atoms with van der Waals surface area (Å²) >= 11 is 0. The van der Waals surface area contributed by atoms with Crippen LogP contribution in [0.2, 0.25) is 0 Å². The van der Waals surface area contributed by atoms with Crippen molar-refractivity contribution in [2.24, 2.45) is 0 Å². The van der Waals surface area contributed by atoms with E-state index in [9.17, 15) is 4.79 Å². The molecule has 5 aromatic rings. The zero-order chi connectivity index (χ0) is 28.3. The van der Waals surface area contributed by atoms with Gasteiger partial charge in [0.25, 0.3) is 5.91 Å². The van der Waals surface area contributed by atoms with Crippen molar-refractivity contribution < 1.29 is 23.7 Å². The lowest BCUT2D eigenvalue weighted by atomic mass is 10.2. The summed E-state index contributed by atoms with van der Waals surface area (Å²) in [5.74, 6) is 2.78. The van der Waals surface area contributed by atoms with Gasteiger partial charge in [0.15, 0.2) is 22.9 Å². The first kappa shape index (κ1) is 26.0. The summed E-state index contributed by atoms with van der Waals surface area (Å²) < 4.78 is 24.2. The van der Waals surface area contributed by atoms with Gasteiger partial charge in [-0.25, -0.2) is 19.6 Å². The van der Waals surface area contributed by atoms with Gasteiger partial charge >= 0.3 is 0 Å². The van der Waals surface area contributed by atoms with Crippen LogP contribution in [-0.2, 0) is 0 Å². The number of rotatable bonds is 10. The molecule has 4 heterocycles. The highest BCUT2D eigenvalue weighted by atomic mass is 16.5. The number of carbonyl (C=O) groups is 1. The molecule has 1 N–H and O–H groups in total. The van der Waals surface area contributed by atoms with E-state index in [1.54, 1.807) is 61.8 Å². The molecule has 12 nitrogen and oxygen atoms in total. The average Bonchev–Trinajstić information content (AvgIpc) is 3.77. The first-order valence-corrected chi connectivity index (χ1v) is 13.1. The normalized spacial score (nSPS) is 12.7. The number of nitrogens with one attached hydrogen (secondary N) is 1. The van der Waals surface area contributed by atoms with Gasteiger partial charge in [-0.3, -0.25) is 9.78 Å². The molecule has 0 radical (unpaired) electrons. The third-order valence-electron chi connectivity index (χ3n) is 6.54. The van der Waals surface area contributed by atoms with Crippen LogP contribution in [0.15, 0.2) is 61.4 Å². The number of fused-ring (bicyclic) bond motifs is 1. The fraction of sp³-hybridized carbons (Fsp3) is 0.241. The molecule has 0 unspecified atom stereocenters. The lowest BCUT2D eigenvalue weighted by Gasteiger charge is -2.12. The van der Waals surface area contributed by atoms with Gasteiger partial charge in [0.1, 0.15) is 29.3 Å². The summed E-state index contributed by atoms with van der Waals surface area (Å²) in [5.41, 5.74) is 2.46. The Bertz CT molecular complexity index is 1720. The number of amides is 1. The van der Waals surface area contributed by atoms with E-state index in [1.165, 1.54) is 12.5 Å². The predicted octanol–water partition coefficient (Wildman–Crippen LogP) is 4.94. The quantitative estimate of drug-likeness (QED) is 0.253. The number of benzene rings is 1. The summed E-state index contributed by atoms with van der Waals surface area (Å²) in [6, 6.07) is 8.70. The molecule has 1 aliphatic rings. The smallest absolute Gasteiger partial charge is 0.281 e. The Hall–Kier alpha value is -5.26. The van der Waals surface area contributed by atoms with Crippen molar-refractivity contribution in [1.82, 2.24) is 29.7 Å². The molecule has 1 aliphatic carbocycles. The fourth-order valence-corrected chi connectivity index (χ4v) is 4.43. The number of ether oxygens (including phenoxy) is 4. The maximum Gasteiger partial charge on any atom is 0.281 e. The average molecular weight is 554 g/mol. The summed E-state index contributed by atoms with van der Waals surface area (Å²) in [6.45, 7) is 2.22. The van der Waals surface area contributed by atoms with Crippen molar-refractivity contribution in [3.8, 4) is 34.4 Å². The molecule has 0 atom stereocenters. The Morgan fingerprint density at radius 1 is 1.00 bits per heavy atom. The topological polar surface area (TPSA) is 135 Å². The third-order valence-corrected chi connectivity index (χ3v) is 6.54. The van der Waals surface area contributed by atoms with E-state index in [1.807, 2.05) is 13.0 Å². The highest BCUT2D eigenvalue weighted by molar-refractivity contribution is 6.04. The van der Waals surface area contributed by atoms with E-state index < -0.39 is 5.91 Å². The number of pyridine rings is 2. The van der Waals surface area contributed by atoms with Gasteiger partial charge in [0.05, 0.1) is 50.6 Å². The maximum atomic E-state index is 13.2. The van der Waals surface area contributed by atoms with E-state index in [2.05, 4.69) is 30.4 Å². The van der Waals surface area contributed by atoms with Crippen LogP contribution in [0.25, 0.3) is 16.6 Å². The third kappa shape index (κ3) is 5.31. The Morgan fingerprint density at radius 2 is 1.83 bits per heavy atom. The largest absolute Gasteiger partial charge is 0.493 e. The second-order valence-corrected chi connectivity index (χ2v) is 9.26. The summed E-state index contributed by atoms with van der Waals surface area (Å²) in [7, 11) is 3.14. The van der Waals surface area contributed by atoms with Crippen molar-refractivity contribution in [3.05, 3.63) is 72.8 Å². The number of nitrogens with zero attached hydrogens (tertiary/aromatic N) is 6. The highest BCUT2D eigenvalue weighted by Gasteiger charge is 2.29. The first-order valence-electron chi connectivity index (χ1n) is 13.1. The minimum atomic E-state index is -0.459. The molecule has 1 aromatic carbocycles. The molecule has 208 valence electrons. The Kier molecular flexibility index (Phi) is 7.02. The molecular formula is C29H27N7O5. The van der Waals surface area contributed by atoms with E-state index in [-0.39, 0.29) is 5.69 Å². The molecule has 4 aromatic heterocycles. The number of hydrogen-bond donors (Lipinski definition) is 1. The Morgan fingerprint density at radius 3 is 2.56 bits per heavy atom. The first-order chi connectivity index (χ1) is 20.1. The molecule has 12 heteroatoms. The van der Waals surface area contributed by atoms with E-state index in [0.717, 1.165) is 29.6 Å². The van der Waals surface area contributed by atoms with Crippen LogP contribution in [0.4, 0.5) is 5.82 Å². The molecule has 0 bridgehead atoms. The van der Waals surface area contributed by atoms with Crippen molar-refractivity contribution in [2.75, 3.05) is 26.1 Å². The number of methoxy groups -OCH3 is 2. The summed E-state index contributed by atoms with van der Waals surface area (Å²) in [4.78, 5) is 30.6. The fourth-order valence-electron chi connectivity index (χ4n) is 4.43. The van der Waals surface area contributed by atoms with Crippen LogP contribution in [0.1, 0.15) is 41.9 Å². The molecule has 0 spiro atoms. The lowest BCUT2D eigenvalue weighted by molar-refractivity contribution is 0.101. The number of hydrogen-bond acceptors (Lipinski definition) is 10. The van der Waals surface area contributed by atoms with Gasteiger partial charge in [-0.15, -0.1) is 0 Å². The van der Waals surface area contributed by atoms with Crippen molar-refractivity contribution in [2.45, 2.75) is 25.7 Å². The maximum absolute atomic E-state index is 13.2. The second-order valence-electron chi connectivity index (χ2n) is 9.26. The van der Waals surface area contributed by atoms with Crippen LogP contribution in [0.3, 0.4) is 0 Å². The molecule has 41 heavy (non-hydrogen) atoms. The highest BCUT2D eigenvalue weighted by Crippen LogP contribution is 2.41. The standard InChI is InChI=1S/C29H27N7O5/c1-4-40-25-15-36(21-14-30-16-33-27(21)17-5-6-17)35-28(25)29(37)34-26-8-7-18(13-32-26)41-22-9-10-31-20-12-24(39-3)23(38-2)11-19(20)22/h7-17H,4-6H2,1-3H3,(H,32,34,37). The Balaban J connectivity index is 1.21. The predicted molar refractivity (Wildman–Crippen MR) is 149 cm³/mol. The van der Waals surface area contributed by atoms with E-state index >= 15 is 0 Å². The van der Waals surface area contributed by atoms with Crippen molar-refractivity contribution in [3.63, 3.8) is 0 Å². The van der Waals surface area contributed by atoms with Crippen LogP contribution in [0, 0.1) is 0 Å². The Labute approximate surface area is 235 Å². The van der Waals surface area contributed by atoms with Gasteiger partial charge < -0.3 is 24.3 Å². The molecule has 1 amide bonds. The molecular weight excluding hydrogens is 526 g/mol. The van der Waals surface area contributed by atoms with Crippen LogP contribution in [0.5, 0.6) is 28.7 Å². The summed E-state index contributed by atoms with van der Waals surface area (Å²) in [6.07, 6.45) is 10.2. The zero-order valence-corrected chi connectivity index (χ0v) is 22.7. The van der Waals surface area contributed by atoms with Gasteiger partial charge in [0.2, 0.25) is 0 Å². The number of aromatic nitrogens is 6. The van der Waals surface area contributed by atoms with Crippen molar-refractivity contribution >= 4 is 22.6 Å². The zero-order valence-electron chi connectivity index (χ0n) is 22.7. The molecule has 0 saturated heterocycles. The summed E-state index contributed by atoms with van der Waals surface area (Å²) in [5, 5.41) is 8.05. The van der Waals surface area contributed by atoms with Crippen LogP contribution in [-0.4, -0.2) is 56.5 Å². The number of anilines is 1. The van der Waals surface area contributed by atoms with Crippen molar-refractivity contribution in [1.29, 1.82) is 0 Å². The van der Waals surface area contributed by atoms with Crippen LogP contribution < -0.4 is 24.3 Å². The van der Waals surface area contributed by atoms with Crippen LogP contribution >= 0.6 is 0 Å². The van der Waals surface area contributed by atoms with Gasteiger partial charge in [0, 0.05) is 23.6 Å². The minimum absolute atomic E-state index is 0.132. The van der Waals surface area contributed by atoms with Gasteiger partial charge in [-0.1, -0.05) is 0 Å². The lowest BCUT2D eigenvalue weighted by Crippen LogP contribution is -2.15. The SMILES string of the molecule is CCOc1cn(-c2cncnc2C2CC2)nc1C(=O)Nc1ccc(Oc2ccnc3cc(OC)c(OC)cc23)cn1. The van der Waals surface area contributed by atoms with E-state index in [4.69, 9.17) is 18.9 Å². The molecule has 1 saturated carbocycles. The molecule has 1 fully saturated rings. The second kappa shape index (κ2) is 11.1. The van der Waals surface area contributed by atoms with E-state index in [0.29, 0.717) is 52.6 Å².